The van der Waals surface area contributed by atoms with Crippen LogP contribution in [-0.4, -0.2) is 72.7 Å². The van der Waals surface area contributed by atoms with Crippen LogP contribution >= 0.6 is 0 Å². The largest absolute Gasteiger partial charge is 0.339 e. The lowest BCUT2D eigenvalue weighted by atomic mass is 9.91. The summed E-state index contributed by atoms with van der Waals surface area (Å²) < 4.78 is 27.9. The number of rotatable bonds is 2. The third kappa shape index (κ3) is 3.91. The first-order valence-corrected chi connectivity index (χ1v) is 11.0. The number of amides is 1. The average Bonchev–Trinajstić information content (AvgIpc) is 2.60. The van der Waals surface area contributed by atoms with Gasteiger partial charge < -0.3 is 4.90 Å². The second kappa shape index (κ2) is 6.87. The van der Waals surface area contributed by atoms with Crippen LogP contribution in [0.1, 0.15) is 34.6 Å². The van der Waals surface area contributed by atoms with Crippen molar-refractivity contribution in [2.75, 3.05) is 32.7 Å². The standard InChI is InChI=1S/C20H31N3O3S/c1-19(2,3)18(24)21-11-12-23-16(13-21)14-22(15-20(23,4)5)27(25,26)17-9-7-6-8-10-17/h6-10,16H,11-15H2,1-5H3/t16-/m0/s1. The van der Waals surface area contributed by atoms with Gasteiger partial charge in [0.25, 0.3) is 0 Å². The SMILES string of the molecule is CC(C)(C)C(=O)N1CCN2[C@@H](C1)CN(S(=O)(=O)c1ccccc1)CC2(C)C. The number of hydrogen-bond donors (Lipinski definition) is 0. The summed E-state index contributed by atoms with van der Waals surface area (Å²) in [6.07, 6.45) is 0. The second-order valence-corrected chi connectivity index (χ2v) is 11.2. The Hall–Kier alpha value is -1.44. The topological polar surface area (TPSA) is 60.9 Å². The van der Waals surface area contributed by atoms with E-state index in [2.05, 4.69) is 18.7 Å². The van der Waals surface area contributed by atoms with Gasteiger partial charge in [0.2, 0.25) is 15.9 Å². The number of fused-ring (bicyclic) bond motifs is 1. The zero-order valence-electron chi connectivity index (χ0n) is 17.0. The van der Waals surface area contributed by atoms with Crippen LogP contribution in [0, 0.1) is 5.41 Å². The molecule has 3 rings (SSSR count). The van der Waals surface area contributed by atoms with Gasteiger partial charge in [0.15, 0.2) is 0 Å². The smallest absolute Gasteiger partial charge is 0.243 e. The molecule has 2 fully saturated rings. The van der Waals surface area contributed by atoms with Crippen LogP contribution in [0.15, 0.2) is 35.2 Å². The molecular weight excluding hydrogens is 362 g/mol. The van der Waals surface area contributed by atoms with E-state index in [0.717, 1.165) is 6.54 Å². The molecule has 2 aliphatic rings. The fourth-order valence-corrected chi connectivity index (χ4v) is 5.87. The van der Waals surface area contributed by atoms with E-state index < -0.39 is 15.4 Å². The average molecular weight is 394 g/mol. The van der Waals surface area contributed by atoms with Gasteiger partial charge in [-0.3, -0.25) is 9.69 Å². The molecular formula is C20H31N3O3S. The van der Waals surface area contributed by atoms with Gasteiger partial charge >= 0.3 is 0 Å². The summed E-state index contributed by atoms with van der Waals surface area (Å²) >= 11 is 0. The van der Waals surface area contributed by atoms with E-state index >= 15 is 0 Å². The fourth-order valence-electron chi connectivity index (χ4n) is 4.21. The Kier molecular flexibility index (Phi) is 5.16. The van der Waals surface area contributed by atoms with Crippen molar-refractivity contribution >= 4 is 15.9 Å². The minimum absolute atomic E-state index is 0.00675. The molecule has 0 radical (unpaired) electrons. The third-order valence-corrected chi connectivity index (χ3v) is 7.37. The first kappa shape index (κ1) is 20.3. The summed E-state index contributed by atoms with van der Waals surface area (Å²) in [4.78, 5) is 17.3. The Morgan fingerprint density at radius 3 is 2.30 bits per heavy atom. The van der Waals surface area contributed by atoms with Crippen molar-refractivity contribution in [2.24, 2.45) is 5.41 Å². The zero-order chi connectivity index (χ0) is 20.0. The van der Waals surface area contributed by atoms with Crippen LogP contribution in [0.5, 0.6) is 0 Å². The molecule has 150 valence electrons. The molecule has 0 bridgehead atoms. The Bertz CT molecular complexity index is 800. The molecule has 1 aromatic carbocycles. The molecule has 0 unspecified atom stereocenters. The van der Waals surface area contributed by atoms with Crippen LogP contribution in [0.4, 0.5) is 0 Å². The van der Waals surface area contributed by atoms with E-state index in [4.69, 9.17) is 0 Å². The summed E-state index contributed by atoms with van der Waals surface area (Å²) in [6.45, 7) is 12.9. The van der Waals surface area contributed by atoms with E-state index in [9.17, 15) is 13.2 Å². The highest BCUT2D eigenvalue weighted by Gasteiger charge is 2.47. The number of carbonyl (C=O) groups excluding carboxylic acids is 1. The number of benzene rings is 1. The van der Waals surface area contributed by atoms with Crippen molar-refractivity contribution in [3.05, 3.63) is 30.3 Å². The van der Waals surface area contributed by atoms with Gasteiger partial charge in [-0.1, -0.05) is 39.0 Å². The van der Waals surface area contributed by atoms with E-state index in [0.29, 0.717) is 31.1 Å². The van der Waals surface area contributed by atoms with Crippen LogP contribution in [0.25, 0.3) is 0 Å². The number of carbonyl (C=O) groups is 1. The molecule has 2 aliphatic heterocycles. The predicted molar refractivity (Wildman–Crippen MR) is 106 cm³/mol. The van der Waals surface area contributed by atoms with Gasteiger partial charge in [-0.05, 0) is 26.0 Å². The highest BCUT2D eigenvalue weighted by molar-refractivity contribution is 7.89. The normalized spacial score (nSPS) is 24.5. The van der Waals surface area contributed by atoms with Crippen LogP contribution < -0.4 is 0 Å². The summed E-state index contributed by atoms with van der Waals surface area (Å²) in [5.74, 6) is 0.128. The number of sulfonamides is 1. The van der Waals surface area contributed by atoms with Crippen molar-refractivity contribution < 1.29 is 13.2 Å². The molecule has 0 aliphatic carbocycles. The third-order valence-electron chi connectivity index (χ3n) is 5.55. The van der Waals surface area contributed by atoms with E-state index in [-0.39, 0.29) is 17.5 Å². The van der Waals surface area contributed by atoms with Crippen molar-refractivity contribution in [3.63, 3.8) is 0 Å². The van der Waals surface area contributed by atoms with Gasteiger partial charge in [-0.25, -0.2) is 8.42 Å². The molecule has 0 aromatic heterocycles. The Balaban J connectivity index is 1.85. The number of hydrogen-bond acceptors (Lipinski definition) is 4. The summed E-state index contributed by atoms with van der Waals surface area (Å²) in [5.41, 5.74) is -0.705. The summed E-state index contributed by atoms with van der Waals surface area (Å²) in [7, 11) is -3.55. The number of nitrogens with zero attached hydrogens (tertiary/aromatic N) is 3. The highest BCUT2D eigenvalue weighted by atomic mass is 32.2. The molecule has 1 amide bonds. The molecule has 2 heterocycles. The van der Waals surface area contributed by atoms with Crippen molar-refractivity contribution in [2.45, 2.75) is 51.1 Å². The minimum atomic E-state index is -3.55. The van der Waals surface area contributed by atoms with Gasteiger partial charge in [0.1, 0.15) is 0 Å². The van der Waals surface area contributed by atoms with Gasteiger partial charge in [-0.15, -0.1) is 0 Å². The number of piperazine rings is 2. The first-order chi connectivity index (χ1) is 12.4. The fraction of sp³-hybridized carbons (Fsp3) is 0.650. The molecule has 0 spiro atoms. The molecule has 0 N–H and O–H groups in total. The van der Waals surface area contributed by atoms with Crippen molar-refractivity contribution in [3.8, 4) is 0 Å². The zero-order valence-corrected chi connectivity index (χ0v) is 17.8. The van der Waals surface area contributed by atoms with Crippen LogP contribution in [0.3, 0.4) is 0 Å². The Labute approximate surface area is 163 Å². The quantitative estimate of drug-likeness (QED) is 0.771. The van der Waals surface area contributed by atoms with Gasteiger partial charge in [0.05, 0.1) is 4.90 Å². The van der Waals surface area contributed by atoms with E-state index in [1.165, 1.54) is 0 Å². The molecule has 27 heavy (non-hydrogen) atoms. The molecule has 6 nitrogen and oxygen atoms in total. The minimum Gasteiger partial charge on any atom is -0.339 e. The van der Waals surface area contributed by atoms with Gasteiger partial charge in [-0.2, -0.15) is 4.31 Å². The maximum atomic E-state index is 13.2. The predicted octanol–water partition coefficient (Wildman–Crippen LogP) is 2.03. The lowest BCUT2D eigenvalue weighted by Gasteiger charge is -2.55. The van der Waals surface area contributed by atoms with Crippen molar-refractivity contribution in [1.82, 2.24) is 14.1 Å². The molecule has 1 aromatic rings. The van der Waals surface area contributed by atoms with E-state index in [1.807, 2.05) is 31.7 Å². The lowest BCUT2D eigenvalue weighted by molar-refractivity contribution is -0.145. The van der Waals surface area contributed by atoms with Crippen LogP contribution in [-0.2, 0) is 14.8 Å². The first-order valence-electron chi connectivity index (χ1n) is 9.54. The lowest BCUT2D eigenvalue weighted by Crippen LogP contribution is -2.71. The summed E-state index contributed by atoms with van der Waals surface area (Å²) in [5, 5.41) is 0. The molecule has 7 heteroatoms. The highest BCUT2D eigenvalue weighted by Crippen LogP contribution is 2.32. The Morgan fingerprint density at radius 2 is 1.70 bits per heavy atom. The summed E-state index contributed by atoms with van der Waals surface area (Å²) in [6, 6.07) is 8.61. The maximum Gasteiger partial charge on any atom is 0.243 e. The van der Waals surface area contributed by atoms with Gasteiger partial charge in [0, 0.05) is 49.7 Å². The monoisotopic (exact) mass is 393 g/mol. The Morgan fingerprint density at radius 1 is 1.07 bits per heavy atom. The van der Waals surface area contributed by atoms with Crippen LogP contribution in [0.2, 0.25) is 0 Å². The van der Waals surface area contributed by atoms with Crippen molar-refractivity contribution in [1.29, 1.82) is 0 Å². The molecule has 0 saturated carbocycles. The second-order valence-electron chi connectivity index (χ2n) is 9.27. The maximum absolute atomic E-state index is 13.2. The molecule has 2 saturated heterocycles. The molecule has 1 atom stereocenters. The van der Waals surface area contributed by atoms with E-state index in [1.54, 1.807) is 28.6 Å².